The first-order valence-corrected chi connectivity index (χ1v) is 8.08. The number of carbonyl (C=O) groups is 1. The topological polar surface area (TPSA) is 37.3 Å². The third kappa shape index (κ3) is 13.9. The summed E-state index contributed by atoms with van der Waals surface area (Å²) in [4.78, 5) is 10.4. The highest BCUT2D eigenvalue weighted by atomic mass is 32.1. The third-order valence-corrected chi connectivity index (χ3v) is 3.74. The number of carboxylic acid groups (broad SMARTS) is 1. The summed E-state index contributed by atoms with van der Waals surface area (Å²) in [5, 5.41) is 8.63. The highest BCUT2D eigenvalue weighted by molar-refractivity contribution is 7.81. The van der Waals surface area contributed by atoms with Crippen LogP contribution in [0.3, 0.4) is 0 Å². The fourth-order valence-corrected chi connectivity index (χ4v) is 2.51. The molecule has 3 heteroatoms. The Morgan fingerprint density at radius 3 is 1.83 bits per heavy atom. The Morgan fingerprint density at radius 2 is 1.39 bits per heavy atom. The Labute approximate surface area is 118 Å². The second-order valence-electron chi connectivity index (χ2n) is 5.22. The molecule has 0 fully saturated rings. The normalized spacial score (nSPS) is 12.6. The minimum atomic E-state index is -0.734. The maximum Gasteiger partial charge on any atom is 0.304 e. The molecule has 0 aliphatic carbocycles. The molecular weight excluding hydrogens is 244 g/mol. The Bertz CT molecular complexity index is 195. The average molecular weight is 274 g/mol. The molecule has 1 atom stereocenters. The lowest BCUT2D eigenvalue weighted by Crippen LogP contribution is -2.06. The molecule has 0 rings (SSSR count). The van der Waals surface area contributed by atoms with Gasteiger partial charge in [0.1, 0.15) is 0 Å². The standard InChI is InChI=1S/C15H30O2S/c1-2-3-4-5-6-7-8-9-10-11-12-14(18)13-15(16)17/h14,18H,2-13H2,1H3,(H,16,17). The van der Waals surface area contributed by atoms with E-state index in [1.165, 1.54) is 57.8 Å². The van der Waals surface area contributed by atoms with Crippen LogP contribution in [0.25, 0.3) is 0 Å². The largest absolute Gasteiger partial charge is 0.481 e. The molecule has 18 heavy (non-hydrogen) atoms. The van der Waals surface area contributed by atoms with E-state index in [2.05, 4.69) is 19.6 Å². The zero-order valence-corrected chi connectivity index (χ0v) is 12.8. The Morgan fingerprint density at radius 1 is 0.944 bits per heavy atom. The molecule has 0 saturated carbocycles. The maximum absolute atomic E-state index is 10.4. The van der Waals surface area contributed by atoms with E-state index in [0.717, 1.165) is 12.8 Å². The van der Waals surface area contributed by atoms with E-state index in [1.54, 1.807) is 0 Å². The zero-order chi connectivity index (χ0) is 13.6. The summed E-state index contributed by atoms with van der Waals surface area (Å²) >= 11 is 4.28. The van der Waals surface area contributed by atoms with Crippen LogP contribution in [0, 0.1) is 0 Å². The highest BCUT2D eigenvalue weighted by Gasteiger charge is 2.07. The maximum atomic E-state index is 10.4. The first-order valence-electron chi connectivity index (χ1n) is 7.56. The van der Waals surface area contributed by atoms with Crippen molar-refractivity contribution in [3.8, 4) is 0 Å². The van der Waals surface area contributed by atoms with Crippen molar-refractivity contribution in [3.63, 3.8) is 0 Å². The van der Waals surface area contributed by atoms with Crippen LogP contribution in [0.4, 0.5) is 0 Å². The monoisotopic (exact) mass is 274 g/mol. The van der Waals surface area contributed by atoms with Gasteiger partial charge in [0.2, 0.25) is 0 Å². The van der Waals surface area contributed by atoms with Gasteiger partial charge in [-0.1, -0.05) is 71.1 Å². The number of hydrogen-bond acceptors (Lipinski definition) is 2. The van der Waals surface area contributed by atoms with Crippen molar-refractivity contribution in [2.75, 3.05) is 0 Å². The third-order valence-electron chi connectivity index (χ3n) is 3.30. The molecule has 0 aromatic rings. The number of unbranched alkanes of at least 4 members (excludes halogenated alkanes) is 9. The van der Waals surface area contributed by atoms with Gasteiger partial charge < -0.3 is 5.11 Å². The van der Waals surface area contributed by atoms with E-state index in [4.69, 9.17) is 5.11 Å². The molecular formula is C15H30O2S. The summed E-state index contributed by atoms with van der Waals surface area (Å²) in [5.74, 6) is -0.734. The first kappa shape index (κ1) is 17.8. The van der Waals surface area contributed by atoms with Crippen molar-refractivity contribution < 1.29 is 9.90 Å². The molecule has 0 radical (unpaired) electrons. The molecule has 1 unspecified atom stereocenters. The van der Waals surface area contributed by atoms with Gasteiger partial charge in [-0.25, -0.2) is 0 Å². The van der Waals surface area contributed by atoms with Gasteiger partial charge in [-0.3, -0.25) is 4.79 Å². The predicted molar refractivity (Wildman–Crippen MR) is 81.5 cm³/mol. The second kappa shape index (κ2) is 13.3. The van der Waals surface area contributed by atoms with Gasteiger partial charge in [-0.2, -0.15) is 12.6 Å². The van der Waals surface area contributed by atoms with Gasteiger partial charge in [0.15, 0.2) is 0 Å². The van der Waals surface area contributed by atoms with Gasteiger partial charge in [0.25, 0.3) is 0 Å². The van der Waals surface area contributed by atoms with E-state index in [9.17, 15) is 4.79 Å². The Kier molecular flexibility index (Phi) is 13.1. The summed E-state index contributed by atoms with van der Waals surface area (Å²) in [6.07, 6.45) is 14.3. The second-order valence-corrected chi connectivity index (χ2v) is 5.95. The van der Waals surface area contributed by atoms with Crippen molar-refractivity contribution >= 4 is 18.6 Å². The summed E-state index contributed by atoms with van der Waals surface area (Å²) in [5.41, 5.74) is 0. The minimum Gasteiger partial charge on any atom is -0.481 e. The molecule has 1 N–H and O–H groups in total. The minimum absolute atomic E-state index is 0.0385. The van der Waals surface area contributed by atoms with Crippen molar-refractivity contribution in [3.05, 3.63) is 0 Å². The molecule has 0 aliphatic heterocycles. The smallest absolute Gasteiger partial charge is 0.304 e. The number of thiol groups is 1. The van der Waals surface area contributed by atoms with Gasteiger partial charge in [-0.15, -0.1) is 0 Å². The van der Waals surface area contributed by atoms with Crippen molar-refractivity contribution in [2.24, 2.45) is 0 Å². The average Bonchev–Trinajstić information content (AvgIpc) is 2.30. The Balaban J connectivity index is 3.09. The molecule has 0 spiro atoms. The van der Waals surface area contributed by atoms with Crippen LogP contribution in [-0.4, -0.2) is 16.3 Å². The summed E-state index contributed by atoms with van der Waals surface area (Å²) in [6, 6.07) is 0. The predicted octanol–water partition coefficient (Wildman–Crippen LogP) is 5.07. The van der Waals surface area contributed by atoms with E-state index < -0.39 is 5.97 Å². The van der Waals surface area contributed by atoms with Crippen LogP contribution < -0.4 is 0 Å². The van der Waals surface area contributed by atoms with E-state index in [1.807, 2.05) is 0 Å². The lowest BCUT2D eigenvalue weighted by atomic mass is 10.0. The molecule has 0 aromatic carbocycles. The van der Waals surface area contributed by atoms with Crippen LogP contribution in [0.5, 0.6) is 0 Å². The molecule has 0 aliphatic rings. The van der Waals surface area contributed by atoms with Gasteiger partial charge in [0, 0.05) is 5.25 Å². The molecule has 0 amide bonds. The SMILES string of the molecule is CCCCCCCCCCCCC(S)CC(=O)O. The van der Waals surface area contributed by atoms with Crippen molar-refractivity contribution in [1.29, 1.82) is 0 Å². The van der Waals surface area contributed by atoms with Gasteiger partial charge in [0.05, 0.1) is 6.42 Å². The number of hydrogen-bond donors (Lipinski definition) is 2. The summed E-state index contributed by atoms with van der Waals surface area (Å²) < 4.78 is 0. The van der Waals surface area contributed by atoms with Crippen LogP contribution in [0.1, 0.15) is 84.0 Å². The van der Waals surface area contributed by atoms with Crippen molar-refractivity contribution in [2.45, 2.75) is 89.2 Å². The summed E-state index contributed by atoms with van der Waals surface area (Å²) in [6.45, 7) is 2.25. The molecule has 0 saturated heterocycles. The highest BCUT2D eigenvalue weighted by Crippen LogP contribution is 2.15. The van der Waals surface area contributed by atoms with Crippen LogP contribution in [-0.2, 0) is 4.79 Å². The fourth-order valence-electron chi connectivity index (χ4n) is 2.17. The molecule has 0 bridgehead atoms. The number of aliphatic carboxylic acids is 1. The van der Waals surface area contributed by atoms with Crippen LogP contribution in [0.2, 0.25) is 0 Å². The van der Waals surface area contributed by atoms with Gasteiger partial charge >= 0.3 is 5.97 Å². The quantitative estimate of drug-likeness (QED) is 0.363. The van der Waals surface area contributed by atoms with Crippen LogP contribution >= 0.6 is 12.6 Å². The molecule has 2 nitrogen and oxygen atoms in total. The molecule has 0 aromatic heterocycles. The van der Waals surface area contributed by atoms with Gasteiger partial charge in [-0.05, 0) is 6.42 Å². The zero-order valence-electron chi connectivity index (χ0n) is 11.9. The van der Waals surface area contributed by atoms with Crippen molar-refractivity contribution in [1.82, 2.24) is 0 Å². The summed E-state index contributed by atoms with van der Waals surface area (Å²) in [7, 11) is 0. The van der Waals surface area contributed by atoms with E-state index in [-0.39, 0.29) is 11.7 Å². The molecule has 108 valence electrons. The lowest BCUT2D eigenvalue weighted by Gasteiger charge is -2.07. The number of carboxylic acids is 1. The fraction of sp³-hybridized carbons (Fsp3) is 0.933. The molecule has 0 heterocycles. The van der Waals surface area contributed by atoms with E-state index in [0.29, 0.717) is 0 Å². The van der Waals surface area contributed by atoms with Crippen LogP contribution in [0.15, 0.2) is 0 Å². The lowest BCUT2D eigenvalue weighted by molar-refractivity contribution is -0.136. The first-order chi connectivity index (χ1) is 8.66. The number of rotatable bonds is 13. The Hall–Kier alpha value is -0.180. The van der Waals surface area contributed by atoms with E-state index >= 15 is 0 Å².